The number of amides is 1. The minimum absolute atomic E-state index is 0.156. The SMILES string of the molecule is Cc1cc(OCc2cnc(Oc3ccc(N(C(=O)C4CCC(C)CC4)C(C)C)c(C(=O)O)c3)c(C(F)(F)F)c2)c2ccccc2n1. The first kappa shape index (κ1) is 32.7. The number of aryl methyl sites for hydroxylation is 1. The number of pyridine rings is 2. The Balaban J connectivity index is 1.41. The first-order chi connectivity index (χ1) is 21.8. The molecule has 1 N–H and O–H groups in total. The Morgan fingerprint density at radius 1 is 1.04 bits per heavy atom. The Morgan fingerprint density at radius 3 is 2.43 bits per heavy atom. The number of hydrogen-bond acceptors (Lipinski definition) is 6. The average molecular weight is 636 g/mol. The van der Waals surface area contributed by atoms with Gasteiger partial charge in [-0.1, -0.05) is 19.1 Å². The molecule has 1 fully saturated rings. The van der Waals surface area contributed by atoms with Crippen molar-refractivity contribution < 1.29 is 37.3 Å². The number of carboxylic acid groups (broad SMARTS) is 1. The van der Waals surface area contributed by atoms with Gasteiger partial charge in [0, 0.05) is 40.9 Å². The number of carbonyl (C=O) groups excluding carboxylic acids is 1. The summed E-state index contributed by atoms with van der Waals surface area (Å²) in [4.78, 5) is 35.8. The van der Waals surface area contributed by atoms with Crippen molar-refractivity contribution in [2.45, 2.75) is 72.2 Å². The highest BCUT2D eigenvalue weighted by Crippen LogP contribution is 2.39. The summed E-state index contributed by atoms with van der Waals surface area (Å²) in [5, 5.41) is 10.8. The first-order valence-corrected chi connectivity index (χ1v) is 15.3. The Morgan fingerprint density at radius 2 is 1.76 bits per heavy atom. The number of fused-ring (bicyclic) bond motifs is 1. The van der Waals surface area contributed by atoms with E-state index in [0.717, 1.165) is 43.2 Å². The Kier molecular flexibility index (Phi) is 9.50. The van der Waals surface area contributed by atoms with Crippen molar-refractivity contribution in [2.24, 2.45) is 11.8 Å². The number of para-hydroxylation sites is 1. The molecule has 11 heteroatoms. The molecule has 5 rings (SSSR count). The molecular formula is C35H36F3N3O5. The number of benzene rings is 2. The van der Waals surface area contributed by atoms with Crippen LogP contribution in [0.4, 0.5) is 18.9 Å². The van der Waals surface area contributed by atoms with E-state index in [4.69, 9.17) is 9.47 Å². The second kappa shape index (κ2) is 13.4. The number of ether oxygens (including phenoxy) is 2. The van der Waals surface area contributed by atoms with Crippen molar-refractivity contribution in [1.29, 1.82) is 0 Å². The van der Waals surface area contributed by atoms with Crippen molar-refractivity contribution in [3.05, 3.63) is 83.2 Å². The number of carboxylic acids is 1. The maximum absolute atomic E-state index is 14.2. The zero-order chi connectivity index (χ0) is 33.2. The van der Waals surface area contributed by atoms with E-state index in [1.54, 1.807) is 26.8 Å². The van der Waals surface area contributed by atoms with Crippen molar-refractivity contribution >= 4 is 28.5 Å². The van der Waals surface area contributed by atoms with Gasteiger partial charge in [-0.15, -0.1) is 0 Å². The standard InChI is InChI=1S/C35H36F3N3O5/c1-20(2)41(33(42)24-11-9-21(3)10-12-24)30-14-13-25(17-27(30)34(43)44)46-32-28(35(36,37)38)16-23(18-39-32)19-45-31-15-22(4)40-29-8-6-5-7-26(29)31/h5-8,13-18,20-21,24H,9-12,19H2,1-4H3,(H,43,44). The van der Waals surface area contributed by atoms with Crippen LogP contribution in [-0.2, 0) is 17.6 Å². The fourth-order valence-electron chi connectivity index (χ4n) is 5.84. The van der Waals surface area contributed by atoms with Crippen LogP contribution in [0.2, 0.25) is 0 Å². The lowest BCUT2D eigenvalue weighted by atomic mass is 9.82. The third-order valence-electron chi connectivity index (χ3n) is 8.21. The Hall–Kier alpha value is -4.67. The van der Waals surface area contributed by atoms with Crippen molar-refractivity contribution in [3.8, 4) is 17.4 Å². The van der Waals surface area contributed by atoms with Crippen LogP contribution < -0.4 is 14.4 Å². The molecule has 0 saturated heterocycles. The zero-order valence-corrected chi connectivity index (χ0v) is 26.1. The Bertz CT molecular complexity index is 1750. The van der Waals surface area contributed by atoms with Gasteiger partial charge in [0.1, 0.15) is 23.7 Å². The highest BCUT2D eigenvalue weighted by atomic mass is 19.4. The van der Waals surface area contributed by atoms with E-state index in [9.17, 15) is 27.9 Å². The van der Waals surface area contributed by atoms with Gasteiger partial charge in [-0.2, -0.15) is 13.2 Å². The highest BCUT2D eigenvalue weighted by Gasteiger charge is 2.37. The highest BCUT2D eigenvalue weighted by molar-refractivity contribution is 6.03. The second-order valence-corrected chi connectivity index (χ2v) is 12.1. The lowest BCUT2D eigenvalue weighted by Gasteiger charge is -2.34. The summed E-state index contributed by atoms with van der Waals surface area (Å²) in [6.45, 7) is 7.34. The number of hydrogen-bond donors (Lipinski definition) is 1. The van der Waals surface area contributed by atoms with Gasteiger partial charge >= 0.3 is 12.1 Å². The number of alkyl halides is 3. The molecule has 1 amide bonds. The van der Waals surface area contributed by atoms with Crippen LogP contribution in [0, 0.1) is 18.8 Å². The molecule has 46 heavy (non-hydrogen) atoms. The van der Waals surface area contributed by atoms with E-state index in [-0.39, 0.29) is 47.0 Å². The monoisotopic (exact) mass is 635 g/mol. The fourth-order valence-corrected chi connectivity index (χ4v) is 5.84. The number of anilines is 1. The minimum atomic E-state index is -4.83. The van der Waals surface area contributed by atoms with E-state index in [0.29, 0.717) is 22.9 Å². The summed E-state index contributed by atoms with van der Waals surface area (Å²) in [7, 11) is 0. The topological polar surface area (TPSA) is 102 Å². The average Bonchev–Trinajstić information content (AvgIpc) is 3.00. The smallest absolute Gasteiger partial charge is 0.421 e. The predicted molar refractivity (Wildman–Crippen MR) is 167 cm³/mol. The van der Waals surface area contributed by atoms with E-state index in [1.165, 1.54) is 23.2 Å². The molecule has 0 aliphatic heterocycles. The van der Waals surface area contributed by atoms with Crippen LogP contribution in [0.3, 0.4) is 0 Å². The van der Waals surface area contributed by atoms with Gasteiger partial charge in [-0.3, -0.25) is 9.78 Å². The van der Waals surface area contributed by atoms with Crippen LogP contribution in [0.5, 0.6) is 17.4 Å². The van der Waals surface area contributed by atoms with E-state index in [1.807, 2.05) is 24.3 Å². The summed E-state index contributed by atoms with van der Waals surface area (Å²) < 4.78 is 54.1. The normalized spacial score (nSPS) is 16.8. The number of rotatable bonds is 9. The van der Waals surface area contributed by atoms with Gasteiger partial charge in [-0.25, -0.2) is 9.78 Å². The van der Waals surface area contributed by atoms with Gasteiger partial charge in [0.25, 0.3) is 0 Å². The molecule has 8 nitrogen and oxygen atoms in total. The van der Waals surface area contributed by atoms with Gasteiger partial charge in [0.2, 0.25) is 11.8 Å². The molecule has 0 spiro atoms. The molecule has 0 radical (unpaired) electrons. The number of nitrogens with zero attached hydrogens (tertiary/aromatic N) is 3. The molecule has 4 aromatic rings. The second-order valence-electron chi connectivity index (χ2n) is 12.1. The van der Waals surface area contributed by atoms with Gasteiger partial charge in [0.05, 0.1) is 16.8 Å². The third kappa shape index (κ3) is 7.24. The molecule has 1 aliphatic carbocycles. The zero-order valence-electron chi connectivity index (χ0n) is 26.1. The minimum Gasteiger partial charge on any atom is -0.488 e. The van der Waals surface area contributed by atoms with Gasteiger partial charge < -0.3 is 19.5 Å². The van der Waals surface area contributed by atoms with E-state index >= 15 is 0 Å². The number of carbonyl (C=O) groups is 2. The van der Waals surface area contributed by atoms with E-state index in [2.05, 4.69) is 16.9 Å². The lowest BCUT2D eigenvalue weighted by molar-refractivity contribution is -0.139. The van der Waals surface area contributed by atoms with Gasteiger partial charge in [0.15, 0.2) is 0 Å². The number of aromatic carboxylic acids is 1. The van der Waals surface area contributed by atoms with Crippen LogP contribution in [0.25, 0.3) is 10.9 Å². The summed E-state index contributed by atoms with van der Waals surface area (Å²) in [5.74, 6) is -1.62. The molecule has 2 heterocycles. The van der Waals surface area contributed by atoms with Crippen LogP contribution in [0.15, 0.2) is 60.8 Å². The number of halogens is 3. The summed E-state index contributed by atoms with van der Waals surface area (Å²) in [6.07, 6.45) is -0.331. The quantitative estimate of drug-likeness (QED) is 0.197. The van der Waals surface area contributed by atoms with Crippen LogP contribution in [-0.4, -0.2) is 33.0 Å². The molecule has 0 bridgehead atoms. The maximum Gasteiger partial charge on any atom is 0.421 e. The Labute approximate surface area is 265 Å². The third-order valence-corrected chi connectivity index (χ3v) is 8.21. The molecule has 2 aromatic heterocycles. The summed E-state index contributed by atoms with van der Waals surface area (Å²) in [6, 6.07) is 13.4. The molecule has 0 unspecified atom stereocenters. The maximum atomic E-state index is 14.2. The molecule has 242 valence electrons. The summed E-state index contributed by atoms with van der Waals surface area (Å²) >= 11 is 0. The summed E-state index contributed by atoms with van der Waals surface area (Å²) in [5.41, 5.74) is 0.309. The van der Waals surface area contributed by atoms with E-state index < -0.39 is 23.6 Å². The molecule has 0 atom stereocenters. The largest absolute Gasteiger partial charge is 0.488 e. The predicted octanol–water partition coefficient (Wildman–Crippen LogP) is 8.59. The van der Waals surface area contributed by atoms with Crippen LogP contribution in [0.1, 0.15) is 73.6 Å². The molecule has 2 aromatic carbocycles. The fraction of sp³-hybridized carbons (Fsp3) is 0.371. The molecule has 1 saturated carbocycles. The molecule has 1 aliphatic rings. The molecular weight excluding hydrogens is 599 g/mol. The van der Waals surface area contributed by atoms with Crippen molar-refractivity contribution in [3.63, 3.8) is 0 Å². The van der Waals surface area contributed by atoms with Crippen molar-refractivity contribution in [2.75, 3.05) is 4.90 Å². The van der Waals surface area contributed by atoms with Crippen LogP contribution >= 0.6 is 0 Å². The first-order valence-electron chi connectivity index (χ1n) is 15.3. The van der Waals surface area contributed by atoms with Gasteiger partial charge in [-0.05, 0) is 88.8 Å². The number of aromatic nitrogens is 2. The lowest BCUT2D eigenvalue weighted by Crippen LogP contribution is -2.42. The van der Waals surface area contributed by atoms with Crippen molar-refractivity contribution in [1.82, 2.24) is 9.97 Å².